The minimum absolute atomic E-state index is 0.140. The Hall–Kier alpha value is -2.96. The molecule has 0 unspecified atom stereocenters. The smallest absolute Gasteiger partial charge is 0.410 e. The molecule has 3 heterocycles. The first-order valence-electron chi connectivity index (χ1n) is 12.8. The first-order chi connectivity index (χ1) is 18.1. The number of sulfonamides is 1. The van der Waals surface area contributed by atoms with Crippen LogP contribution < -0.4 is 5.32 Å². The van der Waals surface area contributed by atoms with Crippen LogP contribution in [0.1, 0.15) is 64.8 Å². The summed E-state index contributed by atoms with van der Waals surface area (Å²) in [4.78, 5) is 40.6. The molecule has 2 amide bonds. The van der Waals surface area contributed by atoms with Gasteiger partial charge in [0.15, 0.2) is 0 Å². The third-order valence-electron chi connectivity index (χ3n) is 6.66. The summed E-state index contributed by atoms with van der Waals surface area (Å²) in [5.41, 5.74) is 1.30. The molecule has 0 spiro atoms. The summed E-state index contributed by atoms with van der Waals surface area (Å²) < 4.78 is 38.0. The average Bonchev–Trinajstić information content (AvgIpc) is 3.26. The van der Waals surface area contributed by atoms with Crippen molar-refractivity contribution in [3.05, 3.63) is 45.8 Å². The number of hydrogen-bond acceptors (Lipinski definition) is 8. The number of esters is 1. The van der Waals surface area contributed by atoms with E-state index in [0.717, 1.165) is 23.3 Å². The second-order valence-electron chi connectivity index (χ2n) is 9.39. The molecule has 1 saturated heterocycles. The lowest BCUT2D eigenvalue weighted by atomic mass is 10.0. The zero-order valence-corrected chi connectivity index (χ0v) is 23.5. The number of nitrogens with one attached hydrogen (secondary N) is 1. The molecule has 2 aliphatic heterocycles. The van der Waals surface area contributed by atoms with Crippen LogP contribution in [0, 0.1) is 5.92 Å². The van der Waals surface area contributed by atoms with Gasteiger partial charge in [0.2, 0.25) is 10.0 Å². The van der Waals surface area contributed by atoms with Gasteiger partial charge in [0.1, 0.15) is 5.00 Å². The molecular formula is C26H33N3O7S2. The Labute approximate surface area is 226 Å². The van der Waals surface area contributed by atoms with Crippen molar-refractivity contribution in [2.45, 2.75) is 51.5 Å². The third-order valence-corrected chi connectivity index (χ3v) is 9.68. The number of carbonyl (C=O) groups excluding carboxylic acids is 3. The molecule has 2 aromatic rings. The Bertz CT molecular complexity index is 1300. The standard InChI is InChI=1S/C26H33N3O7S2/c1-4-35-25(31)22-20-12-14-28(26(32)36-5-2)16-21(20)37-24(22)27-23(30)18-8-10-19(11-9-18)38(33,34)29-13-6-7-17(3)15-29/h8-11,17H,4-7,12-16H2,1-3H3,(H,27,30)/t17-/m1/s1. The van der Waals surface area contributed by atoms with Gasteiger partial charge in [-0.05, 0) is 68.9 Å². The molecule has 1 fully saturated rings. The van der Waals surface area contributed by atoms with Crippen LogP contribution in [-0.4, -0.2) is 68.4 Å². The fourth-order valence-electron chi connectivity index (χ4n) is 4.75. The summed E-state index contributed by atoms with van der Waals surface area (Å²) in [6.07, 6.45) is 1.83. The quantitative estimate of drug-likeness (QED) is 0.503. The van der Waals surface area contributed by atoms with E-state index < -0.39 is 28.0 Å². The first kappa shape index (κ1) is 28.1. The molecule has 1 aromatic heterocycles. The van der Waals surface area contributed by atoms with Gasteiger partial charge in [0, 0.05) is 30.1 Å². The number of rotatable bonds is 7. The molecule has 2 aliphatic rings. The van der Waals surface area contributed by atoms with Crippen molar-refractivity contribution in [2.24, 2.45) is 5.92 Å². The van der Waals surface area contributed by atoms with Crippen LogP contribution >= 0.6 is 11.3 Å². The molecule has 1 atom stereocenters. The number of fused-ring (bicyclic) bond motifs is 1. The molecule has 1 N–H and O–H groups in total. The molecule has 38 heavy (non-hydrogen) atoms. The molecule has 206 valence electrons. The van der Waals surface area contributed by atoms with Gasteiger partial charge >= 0.3 is 12.1 Å². The summed E-state index contributed by atoms with van der Waals surface area (Å²) in [7, 11) is -3.64. The second-order valence-corrected chi connectivity index (χ2v) is 12.4. The van der Waals surface area contributed by atoms with Gasteiger partial charge in [-0.3, -0.25) is 4.79 Å². The highest BCUT2D eigenvalue weighted by molar-refractivity contribution is 7.89. The monoisotopic (exact) mass is 563 g/mol. The molecule has 0 radical (unpaired) electrons. The maximum atomic E-state index is 13.1. The number of nitrogens with zero attached hydrogens (tertiary/aromatic N) is 2. The van der Waals surface area contributed by atoms with Crippen molar-refractivity contribution in [1.29, 1.82) is 0 Å². The van der Waals surface area contributed by atoms with E-state index in [0.29, 0.717) is 42.5 Å². The van der Waals surface area contributed by atoms with Gasteiger partial charge in [-0.15, -0.1) is 11.3 Å². The lowest BCUT2D eigenvalue weighted by molar-refractivity contribution is 0.0526. The van der Waals surface area contributed by atoms with E-state index in [-0.39, 0.29) is 30.2 Å². The minimum atomic E-state index is -3.64. The number of piperidine rings is 1. The summed E-state index contributed by atoms with van der Waals surface area (Å²) in [6.45, 7) is 7.54. The zero-order valence-electron chi connectivity index (χ0n) is 21.8. The summed E-state index contributed by atoms with van der Waals surface area (Å²) in [6, 6.07) is 5.81. The number of hydrogen-bond donors (Lipinski definition) is 1. The van der Waals surface area contributed by atoms with Gasteiger partial charge in [-0.2, -0.15) is 4.31 Å². The van der Waals surface area contributed by atoms with Crippen LogP contribution in [0.25, 0.3) is 0 Å². The Balaban J connectivity index is 1.55. The fraction of sp³-hybridized carbons (Fsp3) is 0.500. The normalized spacial score (nSPS) is 18.0. The predicted octanol–water partition coefficient (Wildman–Crippen LogP) is 4.11. The Morgan fingerprint density at radius 2 is 1.79 bits per heavy atom. The van der Waals surface area contributed by atoms with Crippen molar-refractivity contribution in [3.8, 4) is 0 Å². The Kier molecular flexibility index (Phi) is 8.74. The lowest BCUT2D eigenvalue weighted by Crippen LogP contribution is -2.39. The van der Waals surface area contributed by atoms with Gasteiger partial charge in [0.25, 0.3) is 5.91 Å². The van der Waals surface area contributed by atoms with Crippen molar-refractivity contribution in [2.75, 3.05) is 38.2 Å². The fourth-order valence-corrected chi connectivity index (χ4v) is 7.59. The summed E-state index contributed by atoms with van der Waals surface area (Å²) in [5.74, 6) is -0.716. The van der Waals surface area contributed by atoms with Crippen LogP contribution in [-0.2, 0) is 32.5 Å². The average molecular weight is 564 g/mol. The molecule has 0 saturated carbocycles. The SMILES string of the molecule is CCOC(=O)c1c(NC(=O)c2ccc(S(=O)(=O)N3CCC[C@@H](C)C3)cc2)sc2c1CCN(C(=O)OCC)C2. The van der Waals surface area contributed by atoms with Crippen LogP contribution in [0.3, 0.4) is 0 Å². The second kappa shape index (κ2) is 11.8. The Morgan fingerprint density at radius 3 is 2.45 bits per heavy atom. The van der Waals surface area contributed by atoms with Crippen LogP contribution in [0.4, 0.5) is 9.80 Å². The van der Waals surface area contributed by atoms with Gasteiger partial charge in [-0.1, -0.05) is 6.92 Å². The zero-order chi connectivity index (χ0) is 27.4. The van der Waals surface area contributed by atoms with Crippen molar-refractivity contribution >= 4 is 44.3 Å². The molecule has 0 bridgehead atoms. The first-order valence-corrected chi connectivity index (χ1v) is 15.1. The number of benzene rings is 1. The number of amides is 2. The predicted molar refractivity (Wildman–Crippen MR) is 143 cm³/mol. The van der Waals surface area contributed by atoms with Crippen LogP contribution in [0.15, 0.2) is 29.2 Å². The van der Waals surface area contributed by atoms with E-state index in [4.69, 9.17) is 9.47 Å². The van der Waals surface area contributed by atoms with E-state index >= 15 is 0 Å². The van der Waals surface area contributed by atoms with Crippen molar-refractivity contribution < 1.29 is 32.3 Å². The van der Waals surface area contributed by atoms with Crippen LogP contribution in [0.2, 0.25) is 0 Å². The summed E-state index contributed by atoms with van der Waals surface area (Å²) >= 11 is 1.22. The topological polar surface area (TPSA) is 122 Å². The van der Waals surface area contributed by atoms with Crippen molar-refractivity contribution in [3.63, 3.8) is 0 Å². The Morgan fingerprint density at radius 1 is 1.08 bits per heavy atom. The third kappa shape index (κ3) is 5.87. The van der Waals surface area contributed by atoms with Gasteiger partial charge in [0.05, 0.1) is 30.2 Å². The minimum Gasteiger partial charge on any atom is -0.462 e. The lowest BCUT2D eigenvalue weighted by Gasteiger charge is -2.30. The van der Waals surface area contributed by atoms with E-state index in [1.54, 1.807) is 18.7 Å². The number of ether oxygens (including phenoxy) is 2. The highest BCUT2D eigenvalue weighted by Gasteiger charge is 2.32. The van der Waals surface area contributed by atoms with Gasteiger partial charge < -0.3 is 19.7 Å². The van der Waals surface area contributed by atoms with Gasteiger partial charge in [-0.25, -0.2) is 18.0 Å². The van der Waals surface area contributed by atoms with E-state index in [1.807, 2.05) is 6.92 Å². The molecule has 1 aromatic carbocycles. The highest BCUT2D eigenvalue weighted by atomic mass is 32.2. The number of thiophene rings is 1. The van der Waals surface area contributed by atoms with E-state index in [2.05, 4.69) is 5.32 Å². The van der Waals surface area contributed by atoms with Crippen molar-refractivity contribution in [1.82, 2.24) is 9.21 Å². The highest BCUT2D eigenvalue weighted by Crippen LogP contribution is 2.38. The van der Waals surface area contributed by atoms with Crippen LogP contribution in [0.5, 0.6) is 0 Å². The maximum absolute atomic E-state index is 13.1. The molecule has 12 heteroatoms. The molecular weight excluding hydrogens is 530 g/mol. The number of carbonyl (C=O) groups is 3. The molecule has 0 aliphatic carbocycles. The largest absolute Gasteiger partial charge is 0.462 e. The molecule has 10 nitrogen and oxygen atoms in total. The van der Waals surface area contributed by atoms with E-state index in [9.17, 15) is 22.8 Å². The summed E-state index contributed by atoms with van der Waals surface area (Å²) in [5, 5.41) is 3.14. The maximum Gasteiger partial charge on any atom is 0.410 e. The molecule has 4 rings (SSSR count). The van der Waals surface area contributed by atoms with E-state index in [1.165, 1.54) is 39.9 Å². The number of anilines is 1.